The number of carbonyl (C=O) groups excluding carboxylic acids is 1. The van der Waals surface area contributed by atoms with Crippen molar-refractivity contribution in [3.05, 3.63) is 11.4 Å². The summed E-state index contributed by atoms with van der Waals surface area (Å²) in [5.41, 5.74) is 1.12. The average Bonchev–Trinajstić information content (AvgIpc) is 2.82. The lowest BCUT2D eigenvalue weighted by Gasteiger charge is -2.27. The first kappa shape index (κ1) is 19.9. The number of carbonyl (C=O) groups is 1. The summed E-state index contributed by atoms with van der Waals surface area (Å²) < 4.78 is 28.2. The molecule has 1 aliphatic carbocycles. The summed E-state index contributed by atoms with van der Waals surface area (Å²) in [7, 11) is -3.85. The number of imidazole rings is 1. The van der Waals surface area contributed by atoms with Gasteiger partial charge in [0, 0.05) is 17.3 Å². The fourth-order valence-electron chi connectivity index (χ4n) is 3.34. The van der Waals surface area contributed by atoms with Gasteiger partial charge in [0.15, 0.2) is 0 Å². The van der Waals surface area contributed by atoms with Crippen LogP contribution in [-0.2, 0) is 14.6 Å². The number of hydrogen-bond donors (Lipinski definition) is 1. The van der Waals surface area contributed by atoms with Crippen molar-refractivity contribution in [1.82, 2.24) is 14.9 Å². The van der Waals surface area contributed by atoms with Gasteiger partial charge in [0.25, 0.3) is 0 Å². The van der Waals surface area contributed by atoms with Crippen molar-refractivity contribution < 1.29 is 13.2 Å². The third-order valence-corrected chi connectivity index (χ3v) is 6.82. The molecule has 0 radical (unpaired) electrons. The molecule has 6 nitrogen and oxygen atoms in total. The van der Waals surface area contributed by atoms with Crippen LogP contribution in [0.4, 0.5) is 0 Å². The summed E-state index contributed by atoms with van der Waals surface area (Å²) in [6.45, 7) is 10.7. The van der Waals surface area contributed by atoms with Gasteiger partial charge in [0.2, 0.25) is 20.9 Å². The van der Waals surface area contributed by atoms with Crippen LogP contribution in [0.5, 0.6) is 0 Å². The quantitative estimate of drug-likeness (QED) is 0.884. The molecule has 25 heavy (non-hydrogen) atoms. The fraction of sp³-hybridized carbons (Fsp3) is 0.778. The molecule has 1 N–H and O–H groups in total. The average molecular weight is 370 g/mol. The number of nitrogens with zero attached hydrogens (tertiary/aromatic N) is 2. The van der Waals surface area contributed by atoms with Crippen LogP contribution in [0.1, 0.15) is 77.2 Å². The molecule has 1 saturated carbocycles. The number of aryl methyl sites for hydroxylation is 1. The molecule has 2 rings (SSSR count). The van der Waals surface area contributed by atoms with Crippen LogP contribution < -0.4 is 5.32 Å². The molecule has 7 heteroatoms. The summed E-state index contributed by atoms with van der Waals surface area (Å²) in [6.07, 6.45) is 5.31. The molecule has 1 unspecified atom stereocenters. The highest BCUT2D eigenvalue weighted by Gasteiger charge is 2.37. The highest BCUT2D eigenvalue weighted by molar-refractivity contribution is 7.92. The molecule has 1 aromatic heterocycles. The Morgan fingerprint density at radius 1 is 1.20 bits per heavy atom. The van der Waals surface area contributed by atoms with E-state index in [1.54, 1.807) is 0 Å². The minimum Gasteiger partial charge on any atom is -0.350 e. The molecular formula is C18H31N3O3S. The van der Waals surface area contributed by atoms with E-state index in [0.29, 0.717) is 5.69 Å². The highest BCUT2D eigenvalue weighted by atomic mass is 32.2. The Balaban J connectivity index is 2.42. The van der Waals surface area contributed by atoms with E-state index in [0.717, 1.165) is 31.4 Å². The largest absolute Gasteiger partial charge is 0.350 e. The van der Waals surface area contributed by atoms with Crippen molar-refractivity contribution in [3.8, 4) is 0 Å². The van der Waals surface area contributed by atoms with E-state index in [1.807, 2.05) is 39.2 Å². The molecule has 1 aromatic rings. The highest BCUT2D eigenvalue weighted by Crippen LogP contribution is 2.33. The second kappa shape index (κ2) is 7.09. The van der Waals surface area contributed by atoms with Gasteiger partial charge in [-0.3, -0.25) is 4.79 Å². The summed E-state index contributed by atoms with van der Waals surface area (Å²) in [4.78, 5) is 16.8. The minimum absolute atomic E-state index is 0.0472. The van der Waals surface area contributed by atoms with E-state index in [2.05, 4.69) is 10.3 Å². The number of nitrogens with one attached hydrogen (secondary N) is 1. The first-order valence-electron chi connectivity index (χ1n) is 9.06. The Hall–Kier alpha value is -1.37. The maximum Gasteiger partial charge on any atom is 0.238 e. The van der Waals surface area contributed by atoms with E-state index in [1.165, 1.54) is 13.3 Å². The van der Waals surface area contributed by atoms with E-state index in [-0.39, 0.29) is 11.2 Å². The number of sulfone groups is 1. The van der Waals surface area contributed by atoms with Gasteiger partial charge in [-0.1, -0.05) is 19.3 Å². The zero-order valence-electron chi connectivity index (χ0n) is 16.2. The molecule has 1 heterocycles. The third-order valence-electron chi connectivity index (χ3n) is 4.88. The van der Waals surface area contributed by atoms with E-state index >= 15 is 0 Å². The van der Waals surface area contributed by atoms with Crippen LogP contribution in [0, 0.1) is 13.8 Å². The second-order valence-electron chi connectivity index (χ2n) is 8.15. The van der Waals surface area contributed by atoms with Crippen LogP contribution >= 0.6 is 0 Å². The van der Waals surface area contributed by atoms with Crippen molar-refractivity contribution in [3.63, 3.8) is 0 Å². The second-order valence-corrected chi connectivity index (χ2v) is 10.3. The molecule has 0 bridgehead atoms. The molecule has 0 aliphatic heterocycles. The first-order valence-corrected chi connectivity index (χ1v) is 10.6. The zero-order valence-corrected chi connectivity index (χ0v) is 17.0. The SMILES string of the molecule is Cc1nc(S(=O)(=O)C(C)C(=O)NC(C)(C)C)n(C2CCCCC2)c1C. The maximum atomic E-state index is 13.1. The minimum atomic E-state index is -3.85. The van der Waals surface area contributed by atoms with Crippen molar-refractivity contribution in [2.24, 2.45) is 0 Å². The Bertz CT molecular complexity index is 738. The smallest absolute Gasteiger partial charge is 0.238 e. The molecular weight excluding hydrogens is 338 g/mol. The Morgan fingerprint density at radius 3 is 2.28 bits per heavy atom. The molecule has 0 saturated heterocycles. The van der Waals surface area contributed by atoms with Gasteiger partial charge < -0.3 is 9.88 Å². The summed E-state index contributed by atoms with van der Waals surface area (Å²) in [5.74, 6) is -0.485. The Labute approximate surface area is 151 Å². The molecule has 1 amide bonds. The summed E-state index contributed by atoms with van der Waals surface area (Å²) in [6, 6.07) is 0.151. The lowest BCUT2D eigenvalue weighted by atomic mass is 9.95. The fourth-order valence-corrected chi connectivity index (χ4v) is 4.82. The summed E-state index contributed by atoms with van der Waals surface area (Å²) in [5, 5.41) is 1.64. The monoisotopic (exact) mass is 369 g/mol. The van der Waals surface area contributed by atoms with Crippen molar-refractivity contribution in [1.29, 1.82) is 0 Å². The lowest BCUT2D eigenvalue weighted by Crippen LogP contribution is -2.47. The predicted molar refractivity (Wildman–Crippen MR) is 98.4 cm³/mol. The van der Waals surface area contributed by atoms with Gasteiger partial charge in [0.1, 0.15) is 5.25 Å². The Morgan fingerprint density at radius 2 is 1.76 bits per heavy atom. The van der Waals surface area contributed by atoms with Gasteiger partial charge in [0.05, 0.1) is 5.69 Å². The van der Waals surface area contributed by atoms with Gasteiger partial charge in [-0.15, -0.1) is 0 Å². The number of amides is 1. The number of aromatic nitrogens is 2. The molecule has 1 atom stereocenters. The lowest BCUT2D eigenvalue weighted by molar-refractivity contribution is -0.121. The molecule has 142 valence electrons. The zero-order chi connectivity index (χ0) is 19.0. The van der Waals surface area contributed by atoms with Crippen LogP contribution in [0.2, 0.25) is 0 Å². The first-order chi connectivity index (χ1) is 11.4. The molecule has 0 spiro atoms. The van der Waals surface area contributed by atoms with Crippen LogP contribution in [0.15, 0.2) is 5.16 Å². The maximum absolute atomic E-state index is 13.1. The van der Waals surface area contributed by atoms with Crippen molar-refractivity contribution >= 4 is 15.7 Å². The van der Waals surface area contributed by atoms with Gasteiger partial charge in [-0.25, -0.2) is 13.4 Å². The van der Waals surface area contributed by atoms with E-state index in [4.69, 9.17) is 0 Å². The standard InChI is InChI=1S/C18H31N3O3S/c1-12-13(2)21(15-10-8-7-9-11-15)17(19-12)25(23,24)14(3)16(22)20-18(4,5)6/h14-15H,7-11H2,1-6H3,(H,20,22). The molecule has 1 fully saturated rings. The van der Waals surface area contributed by atoms with Gasteiger partial charge in [-0.05, 0) is 54.4 Å². The number of rotatable bonds is 4. The van der Waals surface area contributed by atoms with Crippen LogP contribution in [0.25, 0.3) is 0 Å². The Kier molecular flexibility index (Phi) is 5.66. The van der Waals surface area contributed by atoms with Crippen molar-refractivity contribution in [2.75, 3.05) is 0 Å². The van der Waals surface area contributed by atoms with Crippen LogP contribution in [0.3, 0.4) is 0 Å². The molecule has 0 aromatic carbocycles. The third kappa shape index (κ3) is 4.25. The van der Waals surface area contributed by atoms with Crippen LogP contribution in [-0.4, -0.2) is 34.7 Å². The molecule has 1 aliphatic rings. The van der Waals surface area contributed by atoms with Gasteiger partial charge in [-0.2, -0.15) is 0 Å². The van der Waals surface area contributed by atoms with E-state index in [9.17, 15) is 13.2 Å². The van der Waals surface area contributed by atoms with E-state index < -0.39 is 26.5 Å². The topological polar surface area (TPSA) is 81.1 Å². The summed E-state index contributed by atoms with van der Waals surface area (Å²) >= 11 is 0. The number of hydrogen-bond acceptors (Lipinski definition) is 4. The van der Waals surface area contributed by atoms with Gasteiger partial charge >= 0.3 is 0 Å². The van der Waals surface area contributed by atoms with Crippen molar-refractivity contribution in [2.45, 2.75) is 95.6 Å². The predicted octanol–water partition coefficient (Wildman–Crippen LogP) is 3.08. The normalized spacial score (nSPS) is 18.2.